The van der Waals surface area contributed by atoms with Crippen LogP contribution in [-0.4, -0.2) is 41.8 Å². The molecule has 0 saturated carbocycles. The topological polar surface area (TPSA) is 66.8 Å². The lowest BCUT2D eigenvalue weighted by atomic mass is 10.1. The zero-order valence-electron chi connectivity index (χ0n) is 10.2. The fraction of sp³-hybridized carbons (Fsp3) is 0.818. The van der Waals surface area contributed by atoms with Crippen LogP contribution in [0.5, 0.6) is 0 Å². The van der Waals surface area contributed by atoms with Crippen LogP contribution < -0.4 is 0 Å². The van der Waals surface area contributed by atoms with Crippen LogP contribution in [0, 0.1) is 0 Å². The second-order valence-corrected chi connectivity index (χ2v) is 3.70. The number of hydrogen-bond donors (Lipinski definition) is 1. The summed E-state index contributed by atoms with van der Waals surface area (Å²) in [6, 6.07) is -0.281. The minimum absolute atomic E-state index is 0.0324. The molecule has 16 heavy (non-hydrogen) atoms. The van der Waals surface area contributed by atoms with Crippen molar-refractivity contribution in [2.45, 2.75) is 45.6 Å². The van der Waals surface area contributed by atoms with E-state index in [0.717, 1.165) is 12.8 Å². The van der Waals surface area contributed by atoms with Crippen LogP contribution >= 0.6 is 0 Å². The molecule has 0 aliphatic rings. The number of carbonyl (C=O) groups is 2. The maximum absolute atomic E-state index is 11.4. The monoisotopic (exact) mass is 231 g/mol. The molecule has 1 atom stereocenters. The van der Waals surface area contributed by atoms with Crippen molar-refractivity contribution >= 4 is 12.1 Å². The first-order valence-electron chi connectivity index (χ1n) is 5.64. The Kier molecular flexibility index (Phi) is 7.33. The van der Waals surface area contributed by atoms with Crippen LogP contribution in [0.2, 0.25) is 0 Å². The summed E-state index contributed by atoms with van der Waals surface area (Å²) in [5, 5.41) is 8.77. The minimum Gasteiger partial charge on any atom is -0.481 e. The second kappa shape index (κ2) is 7.96. The van der Waals surface area contributed by atoms with Crippen LogP contribution in [-0.2, 0) is 9.53 Å². The Labute approximate surface area is 96.4 Å². The van der Waals surface area contributed by atoms with E-state index in [-0.39, 0.29) is 12.5 Å². The highest BCUT2D eigenvalue weighted by molar-refractivity contribution is 5.71. The number of carboxylic acids is 1. The van der Waals surface area contributed by atoms with Crippen LogP contribution in [0.25, 0.3) is 0 Å². The highest BCUT2D eigenvalue weighted by Gasteiger charge is 2.22. The predicted molar refractivity (Wildman–Crippen MR) is 60.4 cm³/mol. The molecule has 5 heteroatoms. The standard InChI is InChI=1S/C11H21NO4/c1-4-6-7-9(8-10(13)14)12(3)11(15)16-5-2/h9H,4-8H2,1-3H3,(H,13,14). The van der Waals surface area contributed by atoms with Gasteiger partial charge in [0, 0.05) is 13.1 Å². The van der Waals surface area contributed by atoms with Gasteiger partial charge in [0.2, 0.25) is 0 Å². The highest BCUT2D eigenvalue weighted by Crippen LogP contribution is 2.12. The number of nitrogens with zero attached hydrogens (tertiary/aromatic N) is 1. The van der Waals surface area contributed by atoms with Crippen molar-refractivity contribution < 1.29 is 19.4 Å². The maximum Gasteiger partial charge on any atom is 0.409 e. The Hall–Kier alpha value is -1.26. The van der Waals surface area contributed by atoms with Crippen LogP contribution in [0.1, 0.15) is 39.5 Å². The molecule has 0 heterocycles. The van der Waals surface area contributed by atoms with Gasteiger partial charge in [-0.05, 0) is 13.3 Å². The van der Waals surface area contributed by atoms with Gasteiger partial charge in [0.1, 0.15) is 0 Å². The zero-order chi connectivity index (χ0) is 12.6. The smallest absolute Gasteiger partial charge is 0.409 e. The molecule has 0 aliphatic carbocycles. The van der Waals surface area contributed by atoms with Crippen molar-refractivity contribution in [3.05, 3.63) is 0 Å². The molecule has 1 N–H and O–H groups in total. The van der Waals surface area contributed by atoms with Gasteiger partial charge in [0.25, 0.3) is 0 Å². The van der Waals surface area contributed by atoms with Crippen molar-refractivity contribution in [1.82, 2.24) is 4.90 Å². The lowest BCUT2D eigenvalue weighted by molar-refractivity contribution is -0.138. The molecular weight excluding hydrogens is 210 g/mol. The number of hydrogen-bond acceptors (Lipinski definition) is 3. The van der Waals surface area contributed by atoms with Gasteiger partial charge in [0.05, 0.1) is 13.0 Å². The quantitative estimate of drug-likeness (QED) is 0.728. The Morgan fingerprint density at radius 2 is 2.00 bits per heavy atom. The van der Waals surface area contributed by atoms with Crippen molar-refractivity contribution in [2.24, 2.45) is 0 Å². The highest BCUT2D eigenvalue weighted by atomic mass is 16.6. The molecule has 0 aliphatic heterocycles. The van der Waals surface area contributed by atoms with Crippen molar-refractivity contribution in [3.8, 4) is 0 Å². The van der Waals surface area contributed by atoms with E-state index >= 15 is 0 Å². The maximum atomic E-state index is 11.4. The van der Waals surface area contributed by atoms with Gasteiger partial charge >= 0.3 is 12.1 Å². The van der Waals surface area contributed by atoms with E-state index in [2.05, 4.69) is 0 Å². The van der Waals surface area contributed by atoms with Crippen LogP contribution in [0.3, 0.4) is 0 Å². The van der Waals surface area contributed by atoms with Gasteiger partial charge in [-0.15, -0.1) is 0 Å². The average Bonchev–Trinajstić information content (AvgIpc) is 2.23. The molecule has 0 radical (unpaired) electrons. The number of carboxylic acid groups (broad SMARTS) is 1. The molecule has 1 amide bonds. The number of carbonyl (C=O) groups excluding carboxylic acids is 1. The zero-order valence-corrected chi connectivity index (χ0v) is 10.2. The van der Waals surface area contributed by atoms with Crippen LogP contribution in [0.15, 0.2) is 0 Å². The summed E-state index contributed by atoms with van der Waals surface area (Å²) in [5.74, 6) is -0.891. The molecule has 0 spiro atoms. The average molecular weight is 231 g/mol. The number of ether oxygens (including phenoxy) is 1. The van der Waals surface area contributed by atoms with E-state index in [1.54, 1.807) is 14.0 Å². The summed E-state index contributed by atoms with van der Waals surface area (Å²) in [6.07, 6.45) is 2.09. The summed E-state index contributed by atoms with van der Waals surface area (Å²) in [4.78, 5) is 23.5. The van der Waals surface area contributed by atoms with Crippen LogP contribution in [0.4, 0.5) is 4.79 Å². The molecule has 0 bridgehead atoms. The lowest BCUT2D eigenvalue weighted by Crippen LogP contribution is -2.38. The van der Waals surface area contributed by atoms with E-state index in [9.17, 15) is 9.59 Å². The van der Waals surface area contributed by atoms with Gasteiger partial charge in [-0.2, -0.15) is 0 Å². The van der Waals surface area contributed by atoms with E-state index in [1.807, 2.05) is 6.92 Å². The first-order chi connectivity index (χ1) is 7.52. The van der Waals surface area contributed by atoms with Gasteiger partial charge < -0.3 is 14.7 Å². The molecule has 0 aromatic heterocycles. The van der Waals surface area contributed by atoms with Gasteiger partial charge in [-0.3, -0.25) is 4.79 Å². The number of rotatable bonds is 7. The van der Waals surface area contributed by atoms with E-state index in [1.165, 1.54) is 4.90 Å². The minimum atomic E-state index is -0.891. The lowest BCUT2D eigenvalue weighted by Gasteiger charge is -2.26. The third kappa shape index (κ3) is 5.58. The predicted octanol–water partition coefficient (Wildman–Crippen LogP) is 2.11. The van der Waals surface area contributed by atoms with Gasteiger partial charge in [-0.25, -0.2) is 4.79 Å². The van der Waals surface area contributed by atoms with E-state index in [0.29, 0.717) is 13.0 Å². The normalized spacial score (nSPS) is 11.9. The Morgan fingerprint density at radius 3 is 2.44 bits per heavy atom. The van der Waals surface area contributed by atoms with Crippen molar-refractivity contribution in [2.75, 3.05) is 13.7 Å². The molecule has 0 aromatic rings. The summed E-state index contributed by atoms with van der Waals surface area (Å²) < 4.78 is 4.84. The van der Waals surface area contributed by atoms with Crippen molar-refractivity contribution in [1.29, 1.82) is 0 Å². The Balaban J connectivity index is 4.35. The first-order valence-corrected chi connectivity index (χ1v) is 5.64. The molecule has 0 aromatic carbocycles. The number of aliphatic carboxylic acids is 1. The summed E-state index contributed by atoms with van der Waals surface area (Å²) in [5.41, 5.74) is 0. The molecule has 5 nitrogen and oxygen atoms in total. The number of amides is 1. The third-order valence-corrected chi connectivity index (χ3v) is 2.40. The summed E-state index contributed by atoms with van der Waals surface area (Å²) in [7, 11) is 1.58. The van der Waals surface area contributed by atoms with E-state index < -0.39 is 12.1 Å². The molecule has 1 unspecified atom stereocenters. The van der Waals surface area contributed by atoms with Gasteiger partial charge in [0.15, 0.2) is 0 Å². The largest absolute Gasteiger partial charge is 0.481 e. The molecule has 0 fully saturated rings. The van der Waals surface area contributed by atoms with Crippen molar-refractivity contribution in [3.63, 3.8) is 0 Å². The Morgan fingerprint density at radius 1 is 1.38 bits per heavy atom. The SMILES string of the molecule is CCCCC(CC(=O)O)N(C)C(=O)OCC. The molecule has 0 rings (SSSR count). The fourth-order valence-electron chi connectivity index (χ4n) is 1.45. The molecule has 94 valence electrons. The van der Waals surface area contributed by atoms with Gasteiger partial charge in [-0.1, -0.05) is 19.8 Å². The first kappa shape index (κ1) is 14.7. The second-order valence-electron chi connectivity index (χ2n) is 3.70. The number of unbranched alkanes of at least 4 members (excludes halogenated alkanes) is 1. The summed E-state index contributed by atoms with van der Waals surface area (Å²) >= 11 is 0. The third-order valence-electron chi connectivity index (χ3n) is 2.40. The molecular formula is C11H21NO4. The fourth-order valence-corrected chi connectivity index (χ4v) is 1.45. The summed E-state index contributed by atoms with van der Waals surface area (Å²) in [6.45, 7) is 4.06. The van der Waals surface area contributed by atoms with E-state index in [4.69, 9.17) is 9.84 Å². The Bertz CT molecular complexity index is 230. The molecule has 0 saturated heterocycles.